The summed E-state index contributed by atoms with van der Waals surface area (Å²) in [6.07, 6.45) is 4.79. The smallest absolute Gasteiger partial charge is 0.147 e. The predicted octanol–water partition coefficient (Wildman–Crippen LogP) is 5.23. The van der Waals surface area contributed by atoms with Crippen LogP contribution in [-0.4, -0.2) is 17.3 Å². The lowest BCUT2D eigenvalue weighted by molar-refractivity contribution is -0.107. The summed E-state index contributed by atoms with van der Waals surface area (Å²) in [6, 6.07) is 24.4. The van der Waals surface area contributed by atoms with Crippen molar-refractivity contribution in [1.82, 2.24) is 4.98 Å². The van der Waals surface area contributed by atoms with E-state index in [1.165, 1.54) is 0 Å². The minimum atomic E-state index is -0.553. The van der Waals surface area contributed by atoms with Crippen LogP contribution < -0.4 is 4.90 Å². The molecule has 0 saturated carbocycles. The lowest BCUT2D eigenvalue weighted by Crippen LogP contribution is -2.35. The van der Waals surface area contributed by atoms with Crippen molar-refractivity contribution in [2.45, 2.75) is 6.04 Å². The van der Waals surface area contributed by atoms with Gasteiger partial charge in [0, 0.05) is 17.5 Å². The van der Waals surface area contributed by atoms with Crippen molar-refractivity contribution >= 4 is 39.0 Å². The fourth-order valence-corrected chi connectivity index (χ4v) is 3.77. The highest BCUT2D eigenvalue weighted by Crippen LogP contribution is 2.35. The van der Waals surface area contributed by atoms with Gasteiger partial charge in [0.05, 0.1) is 17.3 Å². The van der Waals surface area contributed by atoms with E-state index in [2.05, 4.69) is 27.0 Å². The first-order chi connectivity index (χ1) is 14.2. The summed E-state index contributed by atoms with van der Waals surface area (Å²) in [7, 11) is 0. The van der Waals surface area contributed by atoms with Crippen LogP contribution in [0.4, 0.5) is 5.69 Å². The number of benzene rings is 2. The van der Waals surface area contributed by atoms with E-state index in [-0.39, 0.29) is 0 Å². The highest BCUT2D eigenvalue weighted by molar-refractivity contribution is 9.10. The number of nitrogens with zero attached hydrogens (tertiary/aromatic N) is 3. The Hall–Kier alpha value is -3.49. The zero-order valence-corrected chi connectivity index (χ0v) is 17.0. The summed E-state index contributed by atoms with van der Waals surface area (Å²) < 4.78 is 0.729. The van der Waals surface area contributed by atoms with Gasteiger partial charge in [-0.05, 0) is 63.5 Å². The van der Waals surface area contributed by atoms with Gasteiger partial charge >= 0.3 is 0 Å². The van der Waals surface area contributed by atoms with E-state index in [9.17, 15) is 10.1 Å². The molecule has 3 aromatic rings. The second kappa shape index (κ2) is 8.26. The van der Waals surface area contributed by atoms with Gasteiger partial charge in [0.25, 0.3) is 0 Å². The van der Waals surface area contributed by atoms with Crippen LogP contribution in [0, 0.1) is 11.3 Å². The first-order valence-electron chi connectivity index (χ1n) is 9.06. The van der Waals surface area contributed by atoms with Crippen molar-refractivity contribution < 1.29 is 4.79 Å². The van der Waals surface area contributed by atoms with E-state index >= 15 is 0 Å². The van der Waals surface area contributed by atoms with Gasteiger partial charge in [-0.3, -0.25) is 0 Å². The van der Waals surface area contributed by atoms with Gasteiger partial charge in [0.2, 0.25) is 0 Å². The second-order valence-electron chi connectivity index (χ2n) is 6.51. The SMILES string of the molecule is N#Cc1ccccc1C1=CC(c2cccc(Br)n2)=CN(c2ccccc2)C1C=O. The standard InChI is InChI=1S/C24H16BrN3O/c25-24-12-6-11-22(27-24)18-13-21(20-10-5-4-7-17(20)14-26)23(16-29)28(15-18)19-8-2-1-3-9-19/h1-13,15-16,23H. The summed E-state index contributed by atoms with van der Waals surface area (Å²) in [5.41, 5.74) is 4.56. The van der Waals surface area contributed by atoms with Gasteiger partial charge in [-0.25, -0.2) is 4.98 Å². The molecule has 4 nitrogen and oxygen atoms in total. The Kier molecular flexibility index (Phi) is 5.37. The maximum atomic E-state index is 12.2. The molecule has 1 unspecified atom stereocenters. The average Bonchev–Trinajstić information content (AvgIpc) is 2.78. The molecule has 1 aliphatic rings. The fourth-order valence-electron chi connectivity index (χ4n) is 3.42. The van der Waals surface area contributed by atoms with Crippen molar-refractivity contribution in [2.24, 2.45) is 0 Å². The molecule has 4 rings (SSSR count). The topological polar surface area (TPSA) is 57.0 Å². The third-order valence-corrected chi connectivity index (χ3v) is 5.20. The number of pyridine rings is 1. The molecule has 0 radical (unpaired) electrons. The highest BCUT2D eigenvalue weighted by Gasteiger charge is 2.28. The Bertz CT molecular complexity index is 1160. The lowest BCUT2D eigenvalue weighted by Gasteiger charge is -2.33. The van der Waals surface area contributed by atoms with E-state index in [4.69, 9.17) is 0 Å². The third kappa shape index (κ3) is 3.75. The molecule has 2 heterocycles. The van der Waals surface area contributed by atoms with Crippen LogP contribution in [-0.2, 0) is 4.79 Å². The third-order valence-electron chi connectivity index (χ3n) is 4.76. The number of carbonyl (C=O) groups is 1. The Balaban J connectivity index is 1.94. The number of aromatic nitrogens is 1. The number of halogens is 1. The average molecular weight is 442 g/mol. The number of aldehydes is 1. The molecule has 0 fully saturated rings. The van der Waals surface area contributed by atoms with Gasteiger partial charge in [-0.1, -0.05) is 42.5 Å². The number of anilines is 1. The molecule has 140 valence electrons. The molecule has 5 heteroatoms. The van der Waals surface area contributed by atoms with Gasteiger partial charge in [-0.15, -0.1) is 0 Å². The van der Waals surface area contributed by atoms with Crippen LogP contribution >= 0.6 is 15.9 Å². The van der Waals surface area contributed by atoms with Crippen LogP contribution in [0.5, 0.6) is 0 Å². The number of allylic oxidation sites excluding steroid dienone is 2. The summed E-state index contributed by atoms with van der Waals surface area (Å²) in [5, 5.41) is 9.60. The Morgan fingerprint density at radius 3 is 2.48 bits per heavy atom. The molecule has 1 aromatic heterocycles. The monoisotopic (exact) mass is 441 g/mol. The molecule has 0 aliphatic carbocycles. The molecule has 0 amide bonds. The molecule has 0 spiro atoms. The summed E-state index contributed by atoms with van der Waals surface area (Å²) in [6.45, 7) is 0. The van der Waals surface area contributed by atoms with E-state index in [1.807, 2.05) is 83.9 Å². The Labute approximate surface area is 177 Å². The number of hydrogen-bond donors (Lipinski definition) is 0. The van der Waals surface area contributed by atoms with Crippen LogP contribution in [0.1, 0.15) is 16.8 Å². The lowest BCUT2D eigenvalue weighted by atomic mass is 9.89. The van der Waals surface area contributed by atoms with Crippen molar-refractivity contribution in [3.05, 3.63) is 106 Å². The Morgan fingerprint density at radius 1 is 1.00 bits per heavy atom. The number of carbonyl (C=O) groups excluding carboxylic acids is 1. The quantitative estimate of drug-likeness (QED) is 0.410. The van der Waals surface area contributed by atoms with E-state index in [0.29, 0.717) is 5.56 Å². The fraction of sp³-hybridized carbons (Fsp3) is 0.0417. The zero-order chi connectivity index (χ0) is 20.2. The summed E-state index contributed by atoms with van der Waals surface area (Å²) in [4.78, 5) is 18.7. The largest absolute Gasteiger partial charge is 0.333 e. The molecule has 0 saturated heterocycles. The van der Waals surface area contributed by atoms with Gasteiger partial charge < -0.3 is 9.69 Å². The minimum Gasteiger partial charge on any atom is -0.333 e. The summed E-state index contributed by atoms with van der Waals surface area (Å²) in [5.74, 6) is 0. The molecule has 0 bridgehead atoms. The molecule has 0 N–H and O–H groups in total. The predicted molar refractivity (Wildman–Crippen MR) is 118 cm³/mol. The van der Waals surface area contributed by atoms with Gasteiger partial charge in [-0.2, -0.15) is 5.26 Å². The normalized spacial score (nSPS) is 15.9. The number of hydrogen-bond acceptors (Lipinski definition) is 4. The molecular weight excluding hydrogens is 426 g/mol. The maximum absolute atomic E-state index is 12.2. The minimum absolute atomic E-state index is 0.530. The Morgan fingerprint density at radius 2 is 1.76 bits per heavy atom. The molecule has 1 aliphatic heterocycles. The van der Waals surface area contributed by atoms with Crippen molar-refractivity contribution in [2.75, 3.05) is 4.90 Å². The molecular formula is C24H16BrN3O. The van der Waals surface area contributed by atoms with E-state index in [0.717, 1.165) is 39.0 Å². The van der Waals surface area contributed by atoms with E-state index in [1.54, 1.807) is 6.07 Å². The van der Waals surface area contributed by atoms with Crippen LogP contribution in [0.15, 0.2) is 89.7 Å². The van der Waals surface area contributed by atoms with Crippen molar-refractivity contribution in [1.29, 1.82) is 5.26 Å². The molecule has 29 heavy (non-hydrogen) atoms. The number of nitriles is 1. The van der Waals surface area contributed by atoms with Gasteiger partial charge in [0.1, 0.15) is 16.9 Å². The number of rotatable bonds is 4. The first-order valence-corrected chi connectivity index (χ1v) is 9.85. The second-order valence-corrected chi connectivity index (χ2v) is 7.32. The maximum Gasteiger partial charge on any atom is 0.147 e. The number of para-hydroxylation sites is 1. The van der Waals surface area contributed by atoms with Crippen LogP contribution in [0.25, 0.3) is 11.1 Å². The van der Waals surface area contributed by atoms with Crippen LogP contribution in [0.2, 0.25) is 0 Å². The summed E-state index contributed by atoms with van der Waals surface area (Å²) >= 11 is 3.43. The molecule has 1 atom stereocenters. The molecule has 2 aromatic carbocycles. The first kappa shape index (κ1) is 18.9. The van der Waals surface area contributed by atoms with Gasteiger partial charge in [0.15, 0.2) is 0 Å². The highest BCUT2D eigenvalue weighted by atomic mass is 79.9. The zero-order valence-electron chi connectivity index (χ0n) is 15.4. The van der Waals surface area contributed by atoms with Crippen molar-refractivity contribution in [3.8, 4) is 6.07 Å². The van der Waals surface area contributed by atoms with Crippen LogP contribution in [0.3, 0.4) is 0 Å². The van der Waals surface area contributed by atoms with E-state index < -0.39 is 6.04 Å². The van der Waals surface area contributed by atoms with Crippen molar-refractivity contribution in [3.63, 3.8) is 0 Å².